The van der Waals surface area contributed by atoms with E-state index >= 15 is 0 Å². The molecule has 1 heterocycles. The van der Waals surface area contributed by atoms with Gasteiger partial charge in [0.15, 0.2) is 5.82 Å². The van der Waals surface area contributed by atoms with E-state index in [0.29, 0.717) is 0 Å². The van der Waals surface area contributed by atoms with Crippen molar-refractivity contribution in [1.82, 2.24) is 9.97 Å². The molecule has 0 bridgehead atoms. The molecule has 1 aromatic heterocycles. The van der Waals surface area contributed by atoms with Gasteiger partial charge in [0, 0.05) is 23.5 Å². The van der Waals surface area contributed by atoms with Crippen LogP contribution in [0, 0.1) is 0 Å². The van der Waals surface area contributed by atoms with Crippen molar-refractivity contribution in [2.24, 2.45) is 0 Å². The largest absolute Gasteiger partial charge is 0.494 e. The summed E-state index contributed by atoms with van der Waals surface area (Å²) in [4.78, 5) is 9.18. The predicted octanol–water partition coefficient (Wildman–Crippen LogP) is 7.89. The number of unbranched alkanes of at least 4 members (excludes halogenated alkanes) is 6. The van der Waals surface area contributed by atoms with Crippen molar-refractivity contribution in [2.75, 3.05) is 6.61 Å². The third-order valence-electron chi connectivity index (χ3n) is 5.64. The zero-order chi connectivity index (χ0) is 21.7. The second kappa shape index (κ2) is 12.9. The summed E-state index contributed by atoms with van der Waals surface area (Å²) in [5.74, 6) is 1.65. The first-order valence-corrected chi connectivity index (χ1v) is 11.9. The zero-order valence-corrected chi connectivity index (χ0v) is 19.1. The van der Waals surface area contributed by atoms with Crippen molar-refractivity contribution in [3.05, 3.63) is 66.5 Å². The van der Waals surface area contributed by atoms with E-state index in [1.807, 2.05) is 36.7 Å². The molecule has 0 saturated heterocycles. The minimum absolute atomic E-state index is 0.742. The van der Waals surface area contributed by atoms with Crippen LogP contribution >= 0.6 is 0 Å². The van der Waals surface area contributed by atoms with Crippen molar-refractivity contribution in [3.8, 4) is 28.3 Å². The lowest BCUT2D eigenvalue weighted by Gasteiger charge is -2.08. The van der Waals surface area contributed by atoms with Crippen LogP contribution < -0.4 is 4.74 Å². The molecule has 0 N–H and O–H groups in total. The zero-order valence-electron chi connectivity index (χ0n) is 19.1. The van der Waals surface area contributed by atoms with E-state index in [1.165, 1.54) is 50.5 Å². The Labute approximate surface area is 187 Å². The molecule has 0 aliphatic carbocycles. The van der Waals surface area contributed by atoms with E-state index in [-0.39, 0.29) is 0 Å². The highest BCUT2D eigenvalue weighted by Gasteiger charge is 2.05. The van der Waals surface area contributed by atoms with Crippen LogP contribution in [0.4, 0.5) is 0 Å². The van der Waals surface area contributed by atoms with Gasteiger partial charge < -0.3 is 4.74 Å². The lowest BCUT2D eigenvalue weighted by atomic mass is 10.0. The minimum Gasteiger partial charge on any atom is -0.494 e. The monoisotopic (exact) mass is 416 g/mol. The second-order valence-electron chi connectivity index (χ2n) is 8.24. The summed E-state index contributed by atoms with van der Waals surface area (Å²) >= 11 is 0. The van der Waals surface area contributed by atoms with E-state index < -0.39 is 0 Å². The Bertz CT molecular complexity index is 870. The molecule has 31 heavy (non-hydrogen) atoms. The van der Waals surface area contributed by atoms with Gasteiger partial charge >= 0.3 is 0 Å². The molecule has 0 atom stereocenters. The van der Waals surface area contributed by atoms with Crippen molar-refractivity contribution < 1.29 is 4.74 Å². The van der Waals surface area contributed by atoms with Crippen LogP contribution in [0.25, 0.3) is 22.5 Å². The van der Waals surface area contributed by atoms with Gasteiger partial charge in [0.05, 0.1) is 6.61 Å². The highest BCUT2D eigenvalue weighted by Crippen LogP contribution is 2.23. The number of hydrogen-bond acceptors (Lipinski definition) is 3. The van der Waals surface area contributed by atoms with Gasteiger partial charge in [-0.05, 0) is 54.7 Å². The number of benzene rings is 2. The number of nitrogens with zero attached hydrogens (tertiary/aromatic N) is 2. The maximum absolute atomic E-state index is 5.85. The first-order valence-electron chi connectivity index (χ1n) is 11.9. The van der Waals surface area contributed by atoms with Gasteiger partial charge in [-0.15, -0.1) is 0 Å². The van der Waals surface area contributed by atoms with Gasteiger partial charge in [0.25, 0.3) is 0 Å². The summed E-state index contributed by atoms with van der Waals surface area (Å²) in [5, 5.41) is 0. The van der Waals surface area contributed by atoms with Gasteiger partial charge in [-0.3, -0.25) is 0 Å². The van der Waals surface area contributed by atoms with Gasteiger partial charge in [-0.1, -0.05) is 76.6 Å². The number of hydrogen-bond donors (Lipinski definition) is 0. The fourth-order valence-electron chi connectivity index (χ4n) is 3.67. The third-order valence-corrected chi connectivity index (χ3v) is 5.64. The summed E-state index contributed by atoms with van der Waals surface area (Å²) < 4.78 is 5.85. The van der Waals surface area contributed by atoms with E-state index in [9.17, 15) is 0 Å². The fraction of sp³-hybridized carbons (Fsp3) is 0.429. The molecule has 0 spiro atoms. The van der Waals surface area contributed by atoms with Crippen molar-refractivity contribution >= 4 is 0 Å². The van der Waals surface area contributed by atoms with Crippen molar-refractivity contribution in [1.29, 1.82) is 0 Å². The molecule has 164 valence electrons. The van der Waals surface area contributed by atoms with Gasteiger partial charge in [0.2, 0.25) is 0 Å². The molecule has 3 aromatic rings. The number of rotatable bonds is 13. The molecule has 0 unspecified atom stereocenters. The minimum atomic E-state index is 0.742. The molecule has 3 rings (SSSR count). The average Bonchev–Trinajstić information content (AvgIpc) is 2.82. The molecule has 0 aliphatic rings. The molecule has 0 radical (unpaired) electrons. The molecular formula is C28H36N2O. The Morgan fingerprint density at radius 2 is 1.23 bits per heavy atom. The molecule has 0 saturated carbocycles. The van der Waals surface area contributed by atoms with E-state index in [1.54, 1.807) is 0 Å². The Morgan fingerprint density at radius 3 is 1.90 bits per heavy atom. The molecular weight excluding hydrogens is 380 g/mol. The van der Waals surface area contributed by atoms with Crippen molar-refractivity contribution in [3.63, 3.8) is 0 Å². The number of ether oxygens (including phenoxy) is 1. The Balaban J connectivity index is 1.52. The molecule has 0 amide bonds. The molecule has 0 aliphatic heterocycles. The summed E-state index contributed by atoms with van der Waals surface area (Å²) in [6, 6.07) is 16.9. The maximum atomic E-state index is 5.85. The standard InChI is InChI=1S/C28H36N2O/c1-3-5-7-8-10-20-31-27-18-16-25(17-19-27)28-29-21-26(22-30-28)24-14-12-23(13-15-24)11-9-6-4-2/h12-19,21-22H,3-11,20H2,1-2H3. The molecule has 0 fully saturated rings. The lowest BCUT2D eigenvalue weighted by Crippen LogP contribution is -1.97. The highest BCUT2D eigenvalue weighted by atomic mass is 16.5. The average molecular weight is 417 g/mol. The first kappa shape index (κ1) is 23.0. The normalized spacial score (nSPS) is 10.9. The third kappa shape index (κ3) is 7.50. The van der Waals surface area contributed by atoms with E-state index in [0.717, 1.165) is 47.7 Å². The van der Waals surface area contributed by atoms with Gasteiger partial charge in [0.1, 0.15) is 5.75 Å². The molecule has 2 aromatic carbocycles. The lowest BCUT2D eigenvalue weighted by molar-refractivity contribution is 0.304. The van der Waals surface area contributed by atoms with Crippen LogP contribution in [0.2, 0.25) is 0 Å². The summed E-state index contributed by atoms with van der Waals surface area (Å²) in [5.41, 5.74) is 4.62. The van der Waals surface area contributed by atoms with Crippen molar-refractivity contribution in [2.45, 2.75) is 71.6 Å². The highest BCUT2D eigenvalue weighted by molar-refractivity contribution is 5.64. The van der Waals surface area contributed by atoms with Crippen LogP contribution in [0.3, 0.4) is 0 Å². The predicted molar refractivity (Wildman–Crippen MR) is 130 cm³/mol. The molecule has 3 nitrogen and oxygen atoms in total. The number of aromatic nitrogens is 2. The van der Waals surface area contributed by atoms with Crippen LogP contribution in [0.15, 0.2) is 60.9 Å². The summed E-state index contributed by atoms with van der Waals surface area (Å²) in [6.45, 7) is 5.26. The Hall–Kier alpha value is -2.68. The topological polar surface area (TPSA) is 35.0 Å². The van der Waals surface area contributed by atoms with Gasteiger partial charge in [-0.25, -0.2) is 9.97 Å². The first-order chi connectivity index (χ1) is 15.3. The van der Waals surface area contributed by atoms with Gasteiger partial charge in [-0.2, -0.15) is 0 Å². The van der Waals surface area contributed by atoms with E-state index in [2.05, 4.69) is 48.1 Å². The SMILES string of the molecule is CCCCCCCOc1ccc(-c2ncc(-c3ccc(CCCCC)cc3)cn2)cc1. The van der Waals surface area contributed by atoms with Crippen LogP contribution in [-0.2, 0) is 6.42 Å². The van der Waals surface area contributed by atoms with Crippen LogP contribution in [-0.4, -0.2) is 16.6 Å². The Kier molecular flexibility index (Phi) is 9.56. The quantitative estimate of drug-likeness (QED) is 0.266. The fourth-order valence-corrected chi connectivity index (χ4v) is 3.67. The number of aryl methyl sites for hydroxylation is 1. The smallest absolute Gasteiger partial charge is 0.159 e. The summed E-state index contributed by atoms with van der Waals surface area (Å²) in [7, 11) is 0. The summed E-state index contributed by atoms with van der Waals surface area (Å²) in [6.07, 6.45) is 15.0. The van der Waals surface area contributed by atoms with Crippen LogP contribution in [0.1, 0.15) is 70.8 Å². The Morgan fingerprint density at radius 1 is 0.613 bits per heavy atom. The van der Waals surface area contributed by atoms with E-state index in [4.69, 9.17) is 4.74 Å². The maximum Gasteiger partial charge on any atom is 0.159 e. The second-order valence-corrected chi connectivity index (χ2v) is 8.24. The van der Waals surface area contributed by atoms with Crippen LogP contribution in [0.5, 0.6) is 5.75 Å². The molecule has 3 heteroatoms.